The molecular weight excluding hydrogens is 298 g/mol. The average Bonchev–Trinajstić information content (AvgIpc) is 3.34. The summed E-state index contributed by atoms with van der Waals surface area (Å²) >= 11 is 0. The Balaban J connectivity index is 1.78. The van der Waals surface area contributed by atoms with Crippen LogP contribution in [0.3, 0.4) is 0 Å². The van der Waals surface area contributed by atoms with Crippen LogP contribution in [0.1, 0.15) is 32.3 Å². The molecule has 2 N–H and O–H groups in total. The second-order valence-corrected chi connectivity index (χ2v) is 6.15. The fourth-order valence-electron chi connectivity index (χ4n) is 2.65. The van der Waals surface area contributed by atoms with Gasteiger partial charge < -0.3 is 10.6 Å². The van der Waals surface area contributed by atoms with Gasteiger partial charge in [0.2, 0.25) is 0 Å². The van der Waals surface area contributed by atoms with E-state index in [-0.39, 0.29) is 12.1 Å². The summed E-state index contributed by atoms with van der Waals surface area (Å²) in [6.45, 7) is 6.31. The summed E-state index contributed by atoms with van der Waals surface area (Å²) in [6.07, 6.45) is 2.56. The molecule has 0 spiro atoms. The third-order valence-electron chi connectivity index (χ3n) is 4.02. The molecule has 0 heterocycles. The van der Waals surface area contributed by atoms with Crippen molar-refractivity contribution in [2.45, 2.75) is 45.3 Å². The van der Waals surface area contributed by atoms with Gasteiger partial charge in [-0.3, -0.25) is 9.89 Å². The third kappa shape index (κ3) is 5.46. The van der Waals surface area contributed by atoms with Gasteiger partial charge >= 0.3 is 0 Å². The number of guanidine groups is 1. The first-order chi connectivity index (χ1) is 11.0. The fourth-order valence-corrected chi connectivity index (χ4v) is 2.65. The van der Waals surface area contributed by atoms with Crippen LogP contribution in [0.4, 0.5) is 8.78 Å². The molecule has 0 aromatic heterocycles. The van der Waals surface area contributed by atoms with E-state index in [4.69, 9.17) is 0 Å². The van der Waals surface area contributed by atoms with E-state index in [9.17, 15) is 8.78 Å². The zero-order valence-corrected chi connectivity index (χ0v) is 14.1. The lowest BCUT2D eigenvalue weighted by Gasteiger charge is -2.26. The van der Waals surface area contributed by atoms with Crippen LogP contribution in [-0.2, 0) is 6.54 Å². The molecule has 4 nitrogen and oxygen atoms in total. The third-order valence-corrected chi connectivity index (χ3v) is 4.02. The van der Waals surface area contributed by atoms with Crippen molar-refractivity contribution in [2.75, 3.05) is 20.1 Å². The number of halogens is 2. The van der Waals surface area contributed by atoms with E-state index in [1.807, 2.05) is 0 Å². The Labute approximate surface area is 137 Å². The number of aliphatic imine (C=N–C) groups is 1. The van der Waals surface area contributed by atoms with Gasteiger partial charge in [0.25, 0.3) is 0 Å². The van der Waals surface area contributed by atoms with Crippen molar-refractivity contribution < 1.29 is 8.78 Å². The molecular formula is C17H26F2N4. The molecule has 0 atom stereocenters. The monoisotopic (exact) mass is 324 g/mol. The second kappa shape index (κ2) is 8.24. The van der Waals surface area contributed by atoms with Crippen LogP contribution in [0.15, 0.2) is 23.2 Å². The second-order valence-electron chi connectivity index (χ2n) is 6.15. The van der Waals surface area contributed by atoms with E-state index in [0.717, 1.165) is 25.2 Å². The van der Waals surface area contributed by atoms with Crippen LogP contribution in [0, 0.1) is 11.6 Å². The first kappa shape index (κ1) is 17.7. The molecule has 128 valence electrons. The molecule has 1 aromatic carbocycles. The number of hydrogen-bond donors (Lipinski definition) is 2. The molecule has 0 unspecified atom stereocenters. The summed E-state index contributed by atoms with van der Waals surface area (Å²) in [6, 6.07) is 4.69. The minimum Gasteiger partial charge on any atom is -0.355 e. The van der Waals surface area contributed by atoms with Crippen LogP contribution in [0.5, 0.6) is 0 Å². The summed E-state index contributed by atoms with van der Waals surface area (Å²) in [5, 5.41) is 6.24. The first-order valence-electron chi connectivity index (χ1n) is 8.15. The summed E-state index contributed by atoms with van der Waals surface area (Å²) in [7, 11) is 1.67. The van der Waals surface area contributed by atoms with Crippen LogP contribution in [-0.4, -0.2) is 43.1 Å². The minimum atomic E-state index is -0.442. The lowest BCUT2D eigenvalue weighted by molar-refractivity contribution is 0.215. The van der Waals surface area contributed by atoms with Crippen molar-refractivity contribution in [1.82, 2.24) is 15.5 Å². The minimum absolute atomic E-state index is 0.194. The van der Waals surface area contributed by atoms with Crippen molar-refractivity contribution in [1.29, 1.82) is 0 Å². The van der Waals surface area contributed by atoms with E-state index in [0.29, 0.717) is 18.0 Å². The van der Waals surface area contributed by atoms with Gasteiger partial charge in [0, 0.05) is 44.3 Å². The van der Waals surface area contributed by atoms with Crippen molar-refractivity contribution in [3.63, 3.8) is 0 Å². The highest BCUT2D eigenvalue weighted by molar-refractivity contribution is 5.79. The standard InChI is InChI=1S/C17H26F2N4/c1-12(2)23(15-5-6-15)9-8-21-17(20-3)22-11-13-10-14(18)4-7-16(13)19/h4,7,10,12,15H,5-6,8-9,11H2,1-3H3,(H2,20,21,22). The molecule has 1 aliphatic rings. The Morgan fingerprint density at radius 3 is 2.65 bits per heavy atom. The molecule has 1 aromatic rings. The van der Waals surface area contributed by atoms with Crippen molar-refractivity contribution in [3.05, 3.63) is 35.4 Å². The van der Waals surface area contributed by atoms with E-state index < -0.39 is 11.6 Å². The lowest BCUT2D eigenvalue weighted by Crippen LogP contribution is -2.43. The molecule has 0 bridgehead atoms. The molecule has 1 saturated carbocycles. The summed E-state index contributed by atoms with van der Waals surface area (Å²) in [5.74, 6) is -0.273. The highest BCUT2D eigenvalue weighted by Crippen LogP contribution is 2.27. The number of benzene rings is 1. The van der Waals surface area contributed by atoms with Crippen LogP contribution >= 0.6 is 0 Å². The van der Waals surface area contributed by atoms with Crippen molar-refractivity contribution >= 4 is 5.96 Å². The molecule has 0 aliphatic heterocycles. The fraction of sp³-hybridized carbons (Fsp3) is 0.588. The molecule has 1 fully saturated rings. The number of hydrogen-bond acceptors (Lipinski definition) is 2. The van der Waals surface area contributed by atoms with Gasteiger partial charge in [0.1, 0.15) is 11.6 Å². The van der Waals surface area contributed by atoms with Gasteiger partial charge in [-0.25, -0.2) is 8.78 Å². The molecule has 0 saturated heterocycles. The molecule has 0 amide bonds. The van der Waals surface area contributed by atoms with Gasteiger partial charge in [-0.05, 0) is 44.9 Å². The Kier molecular flexibility index (Phi) is 6.33. The summed E-state index contributed by atoms with van der Waals surface area (Å²) in [4.78, 5) is 6.60. The smallest absolute Gasteiger partial charge is 0.191 e. The molecule has 1 aliphatic carbocycles. The largest absolute Gasteiger partial charge is 0.355 e. The van der Waals surface area contributed by atoms with E-state index in [2.05, 4.69) is 34.4 Å². The van der Waals surface area contributed by atoms with E-state index >= 15 is 0 Å². The maximum atomic E-state index is 13.6. The average molecular weight is 324 g/mol. The van der Waals surface area contributed by atoms with E-state index in [1.165, 1.54) is 18.9 Å². The van der Waals surface area contributed by atoms with Crippen LogP contribution < -0.4 is 10.6 Å². The van der Waals surface area contributed by atoms with Gasteiger partial charge in [-0.1, -0.05) is 0 Å². The van der Waals surface area contributed by atoms with E-state index in [1.54, 1.807) is 7.05 Å². The first-order valence-corrected chi connectivity index (χ1v) is 8.15. The highest BCUT2D eigenvalue weighted by atomic mass is 19.1. The van der Waals surface area contributed by atoms with Crippen molar-refractivity contribution in [2.24, 2.45) is 4.99 Å². The SMILES string of the molecule is CN=C(NCCN(C(C)C)C1CC1)NCc1cc(F)ccc1F. The van der Waals surface area contributed by atoms with Crippen molar-refractivity contribution in [3.8, 4) is 0 Å². The molecule has 2 rings (SSSR count). The topological polar surface area (TPSA) is 39.7 Å². The number of nitrogens with one attached hydrogen (secondary N) is 2. The summed E-state index contributed by atoms with van der Waals surface area (Å²) in [5.41, 5.74) is 0.287. The molecule has 23 heavy (non-hydrogen) atoms. The number of nitrogens with zero attached hydrogens (tertiary/aromatic N) is 2. The quantitative estimate of drug-likeness (QED) is 0.598. The zero-order valence-electron chi connectivity index (χ0n) is 14.1. The van der Waals surface area contributed by atoms with Gasteiger partial charge in [0.15, 0.2) is 5.96 Å². The Bertz CT molecular complexity index is 539. The predicted octanol–water partition coefficient (Wildman–Crippen LogP) is 2.50. The van der Waals surface area contributed by atoms with Gasteiger partial charge in [-0.2, -0.15) is 0 Å². The summed E-state index contributed by atoms with van der Waals surface area (Å²) < 4.78 is 26.7. The Morgan fingerprint density at radius 1 is 1.30 bits per heavy atom. The van der Waals surface area contributed by atoms with Gasteiger partial charge in [-0.15, -0.1) is 0 Å². The van der Waals surface area contributed by atoms with Crippen LogP contribution in [0.2, 0.25) is 0 Å². The Morgan fingerprint density at radius 2 is 2.04 bits per heavy atom. The molecule has 6 heteroatoms. The van der Waals surface area contributed by atoms with Crippen LogP contribution in [0.25, 0.3) is 0 Å². The zero-order chi connectivity index (χ0) is 16.8. The highest BCUT2D eigenvalue weighted by Gasteiger charge is 2.30. The van der Waals surface area contributed by atoms with Gasteiger partial charge in [0.05, 0.1) is 0 Å². The normalized spacial score (nSPS) is 15.3. The maximum Gasteiger partial charge on any atom is 0.191 e. The molecule has 0 radical (unpaired) electrons. The number of rotatable bonds is 7. The lowest BCUT2D eigenvalue weighted by atomic mass is 10.2. The Hall–Kier alpha value is -1.69. The predicted molar refractivity (Wildman–Crippen MR) is 89.4 cm³/mol. The maximum absolute atomic E-state index is 13.6.